The van der Waals surface area contributed by atoms with Gasteiger partial charge in [0.2, 0.25) is 11.8 Å². The molecule has 1 heterocycles. The maximum Gasteiger partial charge on any atom is 0.229 e. The monoisotopic (exact) mass is 386 g/mol. The van der Waals surface area contributed by atoms with Gasteiger partial charge >= 0.3 is 0 Å². The highest BCUT2D eigenvalue weighted by Crippen LogP contribution is 2.27. The second kappa shape index (κ2) is 8.19. The van der Waals surface area contributed by atoms with Crippen molar-refractivity contribution < 1.29 is 14.3 Å². The molecule has 1 saturated heterocycles. The van der Waals surface area contributed by atoms with E-state index in [1.165, 1.54) is 5.56 Å². The Morgan fingerprint density at radius 2 is 1.55 bits per heavy atom. The maximum atomic E-state index is 12.6. The summed E-state index contributed by atoms with van der Waals surface area (Å²) in [5, 5.41) is 2.90. The van der Waals surface area contributed by atoms with E-state index in [1.807, 2.05) is 73.7 Å². The summed E-state index contributed by atoms with van der Waals surface area (Å²) in [6, 6.07) is 24.5. The Labute approximate surface area is 169 Å². The van der Waals surface area contributed by atoms with Crippen LogP contribution in [0.25, 0.3) is 0 Å². The summed E-state index contributed by atoms with van der Waals surface area (Å²) in [4.78, 5) is 26.6. The number of benzene rings is 3. The van der Waals surface area contributed by atoms with Crippen LogP contribution in [-0.4, -0.2) is 18.4 Å². The van der Waals surface area contributed by atoms with Crippen molar-refractivity contribution in [1.29, 1.82) is 0 Å². The third kappa shape index (κ3) is 4.46. The highest BCUT2D eigenvalue weighted by molar-refractivity contribution is 6.03. The molecule has 0 aromatic heterocycles. The van der Waals surface area contributed by atoms with Crippen molar-refractivity contribution in [2.24, 2.45) is 5.92 Å². The second-order valence-electron chi connectivity index (χ2n) is 7.17. The van der Waals surface area contributed by atoms with Gasteiger partial charge in [-0.15, -0.1) is 0 Å². The minimum Gasteiger partial charge on any atom is -0.457 e. The predicted molar refractivity (Wildman–Crippen MR) is 113 cm³/mol. The van der Waals surface area contributed by atoms with Gasteiger partial charge in [-0.05, 0) is 55.5 Å². The van der Waals surface area contributed by atoms with Gasteiger partial charge in [0, 0.05) is 24.3 Å². The van der Waals surface area contributed by atoms with Gasteiger partial charge in [-0.25, -0.2) is 0 Å². The smallest absolute Gasteiger partial charge is 0.229 e. The van der Waals surface area contributed by atoms with Gasteiger partial charge in [0.15, 0.2) is 0 Å². The van der Waals surface area contributed by atoms with Crippen LogP contribution >= 0.6 is 0 Å². The lowest BCUT2D eigenvalue weighted by Crippen LogP contribution is -2.28. The normalized spacial score (nSPS) is 16.0. The molecule has 0 unspecified atom stereocenters. The summed E-state index contributed by atoms with van der Waals surface area (Å²) in [5.41, 5.74) is 2.67. The molecule has 1 aliphatic heterocycles. The lowest BCUT2D eigenvalue weighted by Gasteiger charge is -2.16. The fourth-order valence-electron chi connectivity index (χ4n) is 3.33. The summed E-state index contributed by atoms with van der Waals surface area (Å²) in [6.07, 6.45) is 0.218. The van der Waals surface area contributed by atoms with Crippen molar-refractivity contribution in [3.63, 3.8) is 0 Å². The van der Waals surface area contributed by atoms with Crippen LogP contribution in [0.3, 0.4) is 0 Å². The van der Waals surface area contributed by atoms with E-state index in [0.29, 0.717) is 18.0 Å². The van der Waals surface area contributed by atoms with Crippen molar-refractivity contribution in [3.8, 4) is 11.5 Å². The van der Waals surface area contributed by atoms with Crippen LogP contribution in [0.1, 0.15) is 12.0 Å². The SMILES string of the molecule is Cc1ccc(Oc2ccc(NC(=O)[C@@H]3CC(=O)N(c4ccccc4)C3)cc2)cc1. The van der Waals surface area contributed by atoms with Gasteiger partial charge in [0.25, 0.3) is 0 Å². The number of carbonyl (C=O) groups excluding carboxylic acids is 2. The Kier molecular flexibility index (Phi) is 5.29. The molecule has 0 radical (unpaired) electrons. The Bertz CT molecular complexity index is 999. The molecule has 4 rings (SSSR count). The number of aryl methyl sites for hydroxylation is 1. The molecule has 1 fully saturated rings. The molecule has 5 nitrogen and oxygen atoms in total. The number of hydrogen-bond acceptors (Lipinski definition) is 3. The molecule has 5 heteroatoms. The Hall–Kier alpha value is -3.60. The zero-order chi connectivity index (χ0) is 20.2. The van der Waals surface area contributed by atoms with Crippen LogP contribution in [0.5, 0.6) is 11.5 Å². The number of amides is 2. The van der Waals surface area contributed by atoms with Gasteiger partial charge in [-0.1, -0.05) is 35.9 Å². The van der Waals surface area contributed by atoms with Crippen LogP contribution in [0, 0.1) is 12.8 Å². The van der Waals surface area contributed by atoms with Crippen molar-refractivity contribution in [2.75, 3.05) is 16.8 Å². The minimum absolute atomic E-state index is 0.0294. The number of ether oxygens (including phenoxy) is 1. The van der Waals surface area contributed by atoms with E-state index in [2.05, 4.69) is 5.32 Å². The highest BCUT2D eigenvalue weighted by atomic mass is 16.5. The van der Waals surface area contributed by atoms with Gasteiger partial charge in [-0.2, -0.15) is 0 Å². The number of nitrogens with zero attached hydrogens (tertiary/aromatic N) is 1. The fourth-order valence-corrected chi connectivity index (χ4v) is 3.33. The predicted octanol–water partition coefficient (Wildman–Crippen LogP) is 4.78. The lowest BCUT2D eigenvalue weighted by atomic mass is 10.1. The summed E-state index contributed by atoms with van der Waals surface area (Å²) in [7, 11) is 0. The average molecular weight is 386 g/mol. The van der Waals surface area contributed by atoms with Crippen molar-refractivity contribution >= 4 is 23.2 Å². The first-order valence-corrected chi connectivity index (χ1v) is 9.59. The Balaban J connectivity index is 1.36. The van der Waals surface area contributed by atoms with Crippen LogP contribution in [-0.2, 0) is 9.59 Å². The third-order valence-electron chi connectivity index (χ3n) is 4.94. The number of para-hydroxylation sites is 1. The van der Waals surface area contributed by atoms with Gasteiger partial charge in [-0.3, -0.25) is 9.59 Å². The number of anilines is 2. The quantitative estimate of drug-likeness (QED) is 0.687. The lowest BCUT2D eigenvalue weighted by molar-refractivity contribution is -0.122. The fraction of sp³-hybridized carbons (Fsp3) is 0.167. The van der Waals surface area contributed by atoms with Crippen molar-refractivity contribution in [3.05, 3.63) is 84.4 Å². The van der Waals surface area contributed by atoms with Crippen molar-refractivity contribution in [1.82, 2.24) is 0 Å². The molecule has 3 aromatic rings. The summed E-state index contributed by atoms with van der Waals surface area (Å²) < 4.78 is 5.81. The van der Waals surface area contributed by atoms with E-state index >= 15 is 0 Å². The Morgan fingerprint density at radius 1 is 0.931 bits per heavy atom. The van der Waals surface area contributed by atoms with E-state index in [4.69, 9.17) is 4.74 Å². The topological polar surface area (TPSA) is 58.6 Å². The molecule has 1 N–H and O–H groups in total. The summed E-state index contributed by atoms with van der Waals surface area (Å²) in [6.45, 7) is 2.42. The highest BCUT2D eigenvalue weighted by Gasteiger charge is 2.35. The van der Waals surface area contributed by atoms with E-state index in [0.717, 1.165) is 11.4 Å². The summed E-state index contributed by atoms with van der Waals surface area (Å²) >= 11 is 0. The number of nitrogens with one attached hydrogen (secondary N) is 1. The van der Waals surface area contributed by atoms with E-state index in [1.54, 1.807) is 17.0 Å². The van der Waals surface area contributed by atoms with Gasteiger partial charge in [0.05, 0.1) is 5.92 Å². The first-order chi connectivity index (χ1) is 14.1. The van der Waals surface area contributed by atoms with E-state index in [-0.39, 0.29) is 24.2 Å². The van der Waals surface area contributed by atoms with Crippen LogP contribution in [0.15, 0.2) is 78.9 Å². The molecule has 0 bridgehead atoms. The molecule has 1 aliphatic rings. The first-order valence-electron chi connectivity index (χ1n) is 9.59. The third-order valence-corrected chi connectivity index (χ3v) is 4.94. The maximum absolute atomic E-state index is 12.6. The molecular formula is C24H22N2O3. The average Bonchev–Trinajstić information content (AvgIpc) is 3.14. The standard InChI is InChI=1S/C24H22N2O3/c1-17-7-11-21(12-8-17)29-22-13-9-19(10-14-22)25-24(28)18-15-23(27)26(16-18)20-5-3-2-4-6-20/h2-14,18H,15-16H2,1H3,(H,25,28)/t18-/m1/s1. The van der Waals surface area contributed by atoms with Crippen molar-refractivity contribution in [2.45, 2.75) is 13.3 Å². The number of carbonyl (C=O) groups is 2. The molecule has 0 aliphatic carbocycles. The Morgan fingerprint density at radius 3 is 2.21 bits per heavy atom. The zero-order valence-corrected chi connectivity index (χ0v) is 16.2. The number of hydrogen-bond donors (Lipinski definition) is 1. The second-order valence-corrected chi connectivity index (χ2v) is 7.17. The van der Waals surface area contributed by atoms with E-state index in [9.17, 15) is 9.59 Å². The van der Waals surface area contributed by atoms with Crippen LogP contribution in [0.4, 0.5) is 11.4 Å². The molecule has 0 spiro atoms. The molecule has 29 heavy (non-hydrogen) atoms. The van der Waals surface area contributed by atoms with Gasteiger partial charge in [0.1, 0.15) is 11.5 Å². The largest absolute Gasteiger partial charge is 0.457 e. The van der Waals surface area contributed by atoms with E-state index < -0.39 is 0 Å². The first kappa shape index (κ1) is 18.7. The van der Waals surface area contributed by atoms with Crippen LogP contribution < -0.4 is 15.0 Å². The molecule has 0 saturated carbocycles. The minimum atomic E-state index is -0.369. The molecule has 146 valence electrons. The number of rotatable bonds is 5. The molecule has 1 atom stereocenters. The molecule has 3 aromatic carbocycles. The molecular weight excluding hydrogens is 364 g/mol. The zero-order valence-electron chi connectivity index (χ0n) is 16.2. The van der Waals surface area contributed by atoms with Crippen LogP contribution in [0.2, 0.25) is 0 Å². The van der Waals surface area contributed by atoms with Gasteiger partial charge < -0.3 is 15.0 Å². The molecule has 2 amide bonds. The summed E-state index contributed by atoms with van der Waals surface area (Å²) in [5.74, 6) is 0.907.